The highest BCUT2D eigenvalue weighted by Crippen LogP contribution is 2.59. The van der Waals surface area contributed by atoms with Gasteiger partial charge in [-0.1, -0.05) is 22.6 Å². The lowest BCUT2D eigenvalue weighted by atomic mass is 9.95. The molecule has 1 atom stereocenters. The highest BCUT2D eigenvalue weighted by molar-refractivity contribution is 14.1. The maximum absolute atomic E-state index is 11.7. The van der Waals surface area contributed by atoms with Crippen molar-refractivity contribution in [1.82, 2.24) is 4.90 Å². The Bertz CT molecular complexity index is 279. The molecule has 0 aromatic rings. The van der Waals surface area contributed by atoms with E-state index in [4.69, 9.17) is 4.74 Å². The van der Waals surface area contributed by atoms with E-state index < -0.39 is 0 Å². The van der Waals surface area contributed by atoms with Gasteiger partial charge in [0.15, 0.2) is 0 Å². The quantitative estimate of drug-likeness (QED) is 0.548. The number of rotatable bonds is 1. The maximum atomic E-state index is 11.7. The van der Waals surface area contributed by atoms with Crippen LogP contribution in [0.2, 0.25) is 0 Å². The fraction of sp³-hybridized carbons (Fsp3) is 0.909. The van der Waals surface area contributed by atoms with Crippen molar-refractivity contribution in [3.8, 4) is 0 Å². The molecular formula is C11H18INO2. The van der Waals surface area contributed by atoms with Gasteiger partial charge in [-0.15, -0.1) is 0 Å². The summed E-state index contributed by atoms with van der Waals surface area (Å²) >= 11 is 2.43. The summed E-state index contributed by atoms with van der Waals surface area (Å²) in [4.78, 5) is 13.5. The monoisotopic (exact) mass is 323 g/mol. The van der Waals surface area contributed by atoms with Gasteiger partial charge in [-0.2, -0.15) is 0 Å². The molecule has 0 N–H and O–H groups in total. The van der Waals surface area contributed by atoms with E-state index in [9.17, 15) is 4.79 Å². The number of halogens is 1. The molecule has 3 nitrogen and oxygen atoms in total. The third kappa shape index (κ3) is 2.24. The smallest absolute Gasteiger partial charge is 0.410 e. The summed E-state index contributed by atoms with van der Waals surface area (Å²) < 4.78 is 6.54. The Balaban J connectivity index is 1.78. The van der Waals surface area contributed by atoms with Crippen molar-refractivity contribution in [2.24, 2.45) is 11.3 Å². The zero-order chi connectivity index (χ0) is 11.3. The lowest BCUT2D eigenvalue weighted by Crippen LogP contribution is -2.53. The first kappa shape index (κ1) is 11.5. The van der Waals surface area contributed by atoms with E-state index in [2.05, 4.69) is 22.6 Å². The predicted octanol–water partition coefficient (Wildman–Crippen LogP) is 2.68. The third-order valence-corrected chi connectivity index (χ3v) is 4.27. The average Bonchev–Trinajstić information content (AvgIpc) is 2.71. The van der Waals surface area contributed by atoms with E-state index in [1.54, 1.807) is 0 Å². The van der Waals surface area contributed by atoms with Gasteiger partial charge in [0.1, 0.15) is 5.60 Å². The minimum absolute atomic E-state index is 0.146. The zero-order valence-corrected chi connectivity index (χ0v) is 11.7. The molecule has 1 spiro atoms. The molecule has 1 heterocycles. The Morgan fingerprint density at radius 1 is 1.53 bits per heavy atom. The summed E-state index contributed by atoms with van der Waals surface area (Å²) in [6, 6.07) is 0. The summed E-state index contributed by atoms with van der Waals surface area (Å²) in [6.45, 7) is 7.55. The third-order valence-electron chi connectivity index (χ3n) is 3.21. The molecule has 0 aromatic heterocycles. The van der Waals surface area contributed by atoms with Crippen LogP contribution in [0.4, 0.5) is 4.79 Å². The normalized spacial score (nSPS) is 27.5. The number of hydrogen-bond acceptors (Lipinski definition) is 2. The van der Waals surface area contributed by atoms with Crippen molar-refractivity contribution >= 4 is 28.7 Å². The Morgan fingerprint density at radius 2 is 2.13 bits per heavy atom. The van der Waals surface area contributed by atoms with Crippen LogP contribution in [-0.4, -0.2) is 34.1 Å². The lowest BCUT2D eigenvalue weighted by Gasteiger charge is -2.41. The van der Waals surface area contributed by atoms with Crippen molar-refractivity contribution in [2.45, 2.75) is 32.8 Å². The Kier molecular flexibility index (Phi) is 2.68. The molecule has 0 radical (unpaired) electrons. The standard InChI is InChI=1S/C11H18INO2/c1-10(2,3)15-9(14)13-6-11(7-13)4-8(11)5-12/h8H,4-7H2,1-3H3. The first-order valence-electron chi connectivity index (χ1n) is 5.40. The van der Waals surface area contributed by atoms with Crippen LogP contribution in [0.1, 0.15) is 27.2 Å². The second-order valence-electron chi connectivity index (χ2n) is 5.75. The molecule has 0 bridgehead atoms. The summed E-state index contributed by atoms with van der Waals surface area (Å²) in [7, 11) is 0. The van der Waals surface area contributed by atoms with Crippen LogP contribution in [0.15, 0.2) is 0 Å². The van der Waals surface area contributed by atoms with Crippen molar-refractivity contribution in [3.63, 3.8) is 0 Å². The molecule has 0 aromatic carbocycles. The molecule has 1 aliphatic heterocycles. The number of ether oxygens (including phenoxy) is 1. The number of likely N-dealkylation sites (tertiary alicyclic amines) is 1. The van der Waals surface area contributed by atoms with E-state index in [1.165, 1.54) is 10.8 Å². The number of carbonyl (C=O) groups is 1. The molecule has 2 aliphatic rings. The molecule has 15 heavy (non-hydrogen) atoms. The van der Waals surface area contributed by atoms with E-state index >= 15 is 0 Å². The first-order chi connectivity index (χ1) is 6.86. The summed E-state index contributed by atoms with van der Waals surface area (Å²) in [5.74, 6) is 0.844. The van der Waals surface area contributed by atoms with Gasteiger partial charge in [-0.25, -0.2) is 4.79 Å². The molecule has 1 aliphatic carbocycles. The van der Waals surface area contributed by atoms with Gasteiger partial charge >= 0.3 is 6.09 Å². The molecule has 86 valence electrons. The highest BCUT2D eigenvalue weighted by atomic mass is 127. The first-order valence-corrected chi connectivity index (χ1v) is 6.93. The highest BCUT2D eigenvalue weighted by Gasteiger charge is 2.62. The fourth-order valence-electron chi connectivity index (χ4n) is 2.21. The van der Waals surface area contributed by atoms with Gasteiger partial charge < -0.3 is 9.64 Å². The topological polar surface area (TPSA) is 29.5 Å². The Morgan fingerprint density at radius 3 is 2.53 bits per heavy atom. The van der Waals surface area contributed by atoms with Crippen LogP contribution in [0.25, 0.3) is 0 Å². The van der Waals surface area contributed by atoms with Gasteiger partial charge in [0.05, 0.1) is 0 Å². The van der Waals surface area contributed by atoms with E-state index in [0.29, 0.717) is 5.41 Å². The minimum Gasteiger partial charge on any atom is -0.444 e. The van der Waals surface area contributed by atoms with Crippen molar-refractivity contribution in [3.05, 3.63) is 0 Å². The van der Waals surface area contributed by atoms with Crippen molar-refractivity contribution in [2.75, 3.05) is 17.5 Å². The number of amides is 1. The Hall–Kier alpha value is 0. The fourth-order valence-corrected chi connectivity index (χ4v) is 3.45. The van der Waals surface area contributed by atoms with Crippen LogP contribution in [0, 0.1) is 11.3 Å². The van der Waals surface area contributed by atoms with E-state index in [1.807, 2.05) is 25.7 Å². The molecule has 1 saturated heterocycles. The van der Waals surface area contributed by atoms with E-state index in [-0.39, 0.29) is 11.7 Å². The van der Waals surface area contributed by atoms with Gasteiger partial charge in [-0.3, -0.25) is 0 Å². The van der Waals surface area contributed by atoms with Crippen molar-refractivity contribution in [1.29, 1.82) is 0 Å². The van der Waals surface area contributed by atoms with Crippen LogP contribution in [-0.2, 0) is 4.74 Å². The summed E-state index contributed by atoms with van der Waals surface area (Å²) in [6.07, 6.45) is 1.15. The number of nitrogens with zero attached hydrogens (tertiary/aromatic N) is 1. The SMILES string of the molecule is CC(C)(C)OC(=O)N1CC2(CC2CI)C1. The molecule has 2 rings (SSSR count). The zero-order valence-electron chi connectivity index (χ0n) is 9.55. The summed E-state index contributed by atoms with van der Waals surface area (Å²) in [5.41, 5.74) is 0.115. The van der Waals surface area contributed by atoms with Gasteiger partial charge in [0.25, 0.3) is 0 Å². The van der Waals surface area contributed by atoms with Crippen molar-refractivity contribution < 1.29 is 9.53 Å². The second kappa shape index (κ2) is 3.50. The van der Waals surface area contributed by atoms with E-state index in [0.717, 1.165) is 19.0 Å². The van der Waals surface area contributed by atoms with Gasteiger partial charge in [0, 0.05) is 22.9 Å². The second-order valence-corrected chi connectivity index (χ2v) is 6.63. The molecule has 1 amide bonds. The number of hydrogen-bond donors (Lipinski definition) is 0. The summed E-state index contributed by atoms with van der Waals surface area (Å²) in [5, 5.41) is 0. The average molecular weight is 323 g/mol. The molecule has 4 heteroatoms. The van der Waals surface area contributed by atoms with Crippen LogP contribution < -0.4 is 0 Å². The van der Waals surface area contributed by atoms with Crippen LogP contribution in [0.3, 0.4) is 0 Å². The van der Waals surface area contributed by atoms with Crippen LogP contribution in [0.5, 0.6) is 0 Å². The number of alkyl halides is 1. The van der Waals surface area contributed by atoms with Gasteiger partial charge in [0.2, 0.25) is 0 Å². The predicted molar refractivity (Wildman–Crippen MR) is 67.2 cm³/mol. The Labute approximate surface area is 105 Å². The van der Waals surface area contributed by atoms with Crippen LogP contribution >= 0.6 is 22.6 Å². The largest absolute Gasteiger partial charge is 0.444 e. The number of carbonyl (C=O) groups excluding carboxylic acids is 1. The molecular weight excluding hydrogens is 305 g/mol. The molecule has 1 saturated carbocycles. The lowest BCUT2D eigenvalue weighted by molar-refractivity contribution is -0.00850. The maximum Gasteiger partial charge on any atom is 0.410 e. The minimum atomic E-state index is -0.369. The molecule has 1 unspecified atom stereocenters. The molecule has 2 fully saturated rings. The van der Waals surface area contributed by atoms with Gasteiger partial charge in [-0.05, 0) is 33.1 Å².